The van der Waals surface area contributed by atoms with Gasteiger partial charge >= 0.3 is 0 Å². The second-order valence-corrected chi connectivity index (χ2v) is 7.84. The van der Waals surface area contributed by atoms with E-state index in [1.165, 1.54) is 11.1 Å². The predicted molar refractivity (Wildman–Crippen MR) is 113 cm³/mol. The molecule has 0 unspecified atom stereocenters. The summed E-state index contributed by atoms with van der Waals surface area (Å²) in [5.41, 5.74) is 2.87. The van der Waals surface area contributed by atoms with Gasteiger partial charge in [0.2, 0.25) is 11.8 Å². The first-order valence-electron chi connectivity index (χ1n) is 9.23. The third-order valence-corrected chi connectivity index (χ3v) is 5.39. The zero-order chi connectivity index (χ0) is 20.1. The summed E-state index contributed by atoms with van der Waals surface area (Å²) in [6.45, 7) is 0.179. The van der Waals surface area contributed by atoms with Gasteiger partial charge in [0.15, 0.2) is 0 Å². The van der Waals surface area contributed by atoms with E-state index in [0.717, 1.165) is 19.3 Å². The molecule has 2 amide bonds. The van der Waals surface area contributed by atoms with Crippen LogP contribution in [0.25, 0.3) is 0 Å². The number of nitrogens with zero attached hydrogens (tertiary/aromatic N) is 1. The lowest BCUT2D eigenvalue weighted by atomic mass is 9.88. The van der Waals surface area contributed by atoms with Gasteiger partial charge in [-0.1, -0.05) is 53.5 Å². The molecule has 1 atom stereocenters. The molecule has 1 aliphatic carbocycles. The van der Waals surface area contributed by atoms with Crippen molar-refractivity contribution < 1.29 is 9.59 Å². The molecule has 0 fully saturated rings. The van der Waals surface area contributed by atoms with Crippen molar-refractivity contribution in [2.75, 3.05) is 25.5 Å². The van der Waals surface area contributed by atoms with Gasteiger partial charge < -0.3 is 10.6 Å². The summed E-state index contributed by atoms with van der Waals surface area (Å²) in [5.74, 6) is -0.388. The van der Waals surface area contributed by atoms with Crippen LogP contribution in [0.5, 0.6) is 0 Å². The molecule has 2 aromatic rings. The fourth-order valence-corrected chi connectivity index (χ4v) is 3.98. The number of amides is 2. The number of likely N-dealkylation sites (N-methyl/N-ethyl adjacent to an activating group) is 1. The molecule has 1 aliphatic rings. The minimum atomic E-state index is -0.284. The maximum Gasteiger partial charge on any atom is 0.238 e. The van der Waals surface area contributed by atoms with Crippen molar-refractivity contribution in [3.05, 3.63) is 63.6 Å². The minimum Gasteiger partial charge on any atom is -0.348 e. The van der Waals surface area contributed by atoms with Gasteiger partial charge in [0.25, 0.3) is 0 Å². The van der Waals surface area contributed by atoms with Crippen LogP contribution < -0.4 is 10.6 Å². The van der Waals surface area contributed by atoms with Gasteiger partial charge in [-0.25, -0.2) is 0 Å². The number of anilines is 1. The normalized spacial score (nSPS) is 15.8. The highest BCUT2D eigenvalue weighted by Crippen LogP contribution is 2.30. The molecule has 0 saturated heterocycles. The fourth-order valence-electron chi connectivity index (χ4n) is 3.49. The number of fused-ring (bicyclic) bond motifs is 1. The van der Waals surface area contributed by atoms with Gasteiger partial charge in [-0.2, -0.15) is 0 Å². The smallest absolute Gasteiger partial charge is 0.238 e. The molecule has 7 heteroatoms. The molecule has 5 nitrogen and oxygen atoms in total. The molecule has 2 N–H and O–H groups in total. The Morgan fingerprint density at radius 3 is 2.46 bits per heavy atom. The van der Waals surface area contributed by atoms with Gasteiger partial charge in [0.1, 0.15) is 0 Å². The Hall–Kier alpha value is -2.08. The number of benzene rings is 2. The number of rotatable bonds is 6. The number of hydrogen-bond donors (Lipinski definition) is 2. The first-order chi connectivity index (χ1) is 13.4. The van der Waals surface area contributed by atoms with Crippen LogP contribution in [0.2, 0.25) is 10.0 Å². The first-order valence-corrected chi connectivity index (χ1v) is 9.99. The summed E-state index contributed by atoms with van der Waals surface area (Å²) in [7, 11) is 1.72. The molecule has 0 heterocycles. The van der Waals surface area contributed by atoms with Crippen LogP contribution in [0, 0.1) is 0 Å². The molecular formula is C21H23Cl2N3O2. The SMILES string of the molecule is CN(CC(=O)Nc1c(Cl)cccc1Cl)CC(=O)N[C@@H]1CCCc2ccccc21. The van der Waals surface area contributed by atoms with E-state index in [2.05, 4.69) is 22.8 Å². The molecule has 2 aromatic carbocycles. The second-order valence-electron chi connectivity index (χ2n) is 7.03. The van der Waals surface area contributed by atoms with E-state index in [0.29, 0.717) is 15.7 Å². The highest BCUT2D eigenvalue weighted by molar-refractivity contribution is 6.39. The third-order valence-electron chi connectivity index (χ3n) is 4.76. The zero-order valence-corrected chi connectivity index (χ0v) is 17.2. The van der Waals surface area contributed by atoms with E-state index in [4.69, 9.17) is 23.2 Å². The summed E-state index contributed by atoms with van der Waals surface area (Å²) < 4.78 is 0. The molecule has 0 bridgehead atoms. The number of nitrogens with one attached hydrogen (secondary N) is 2. The fraction of sp³-hybridized carbons (Fsp3) is 0.333. The summed E-state index contributed by atoms with van der Waals surface area (Å²) in [6.07, 6.45) is 3.03. The standard InChI is InChI=1S/C21H23Cl2N3O2/c1-26(13-20(28)25-21-16(22)9-5-10-17(21)23)12-19(27)24-18-11-4-7-14-6-2-3-8-15(14)18/h2-3,5-6,8-10,18H,4,7,11-13H2,1H3,(H,24,27)(H,25,28)/t18-/m1/s1. The van der Waals surface area contributed by atoms with Crippen LogP contribution in [0.4, 0.5) is 5.69 Å². The van der Waals surface area contributed by atoms with E-state index in [-0.39, 0.29) is 30.9 Å². The van der Waals surface area contributed by atoms with Crippen molar-refractivity contribution >= 4 is 40.7 Å². The lowest BCUT2D eigenvalue weighted by Crippen LogP contribution is -2.40. The average molecular weight is 420 g/mol. The molecule has 0 aliphatic heterocycles. The molecule has 0 saturated carbocycles. The van der Waals surface area contributed by atoms with Gasteiger partial charge in [0, 0.05) is 0 Å². The van der Waals surface area contributed by atoms with Crippen LogP contribution in [0.1, 0.15) is 30.0 Å². The van der Waals surface area contributed by atoms with Crippen molar-refractivity contribution in [1.82, 2.24) is 10.2 Å². The topological polar surface area (TPSA) is 61.4 Å². The molecule has 148 valence electrons. The average Bonchev–Trinajstić information content (AvgIpc) is 2.65. The molecule has 28 heavy (non-hydrogen) atoms. The number of halogens is 2. The number of para-hydroxylation sites is 1. The Morgan fingerprint density at radius 1 is 1.04 bits per heavy atom. The van der Waals surface area contributed by atoms with E-state index in [1.54, 1.807) is 30.1 Å². The van der Waals surface area contributed by atoms with Crippen molar-refractivity contribution in [2.45, 2.75) is 25.3 Å². The number of carbonyl (C=O) groups excluding carboxylic acids is 2. The summed E-state index contributed by atoms with van der Waals surface area (Å²) in [5, 5.41) is 6.54. The Labute approximate surface area is 175 Å². The van der Waals surface area contributed by atoms with Crippen LogP contribution in [-0.2, 0) is 16.0 Å². The quantitative estimate of drug-likeness (QED) is 0.741. The zero-order valence-electron chi connectivity index (χ0n) is 15.7. The van der Waals surface area contributed by atoms with Crippen molar-refractivity contribution in [3.8, 4) is 0 Å². The lowest BCUT2D eigenvalue weighted by molar-refractivity contribution is -0.123. The molecular weight excluding hydrogens is 397 g/mol. The predicted octanol–water partition coefficient (Wildman–Crippen LogP) is 4.06. The summed E-state index contributed by atoms with van der Waals surface area (Å²) in [6, 6.07) is 13.3. The van der Waals surface area contributed by atoms with Crippen molar-refractivity contribution in [2.24, 2.45) is 0 Å². The molecule has 0 radical (unpaired) electrons. The Bertz CT molecular complexity index is 852. The van der Waals surface area contributed by atoms with Gasteiger partial charge in [-0.3, -0.25) is 14.5 Å². The number of hydrogen-bond acceptors (Lipinski definition) is 3. The monoisotopic (exact) mass is 419 g/mol. The Balaban J connectivity index is 1.52. The van der Waals surface area contributed by atoms with Crippen LogP contribution in [0.3, 0.4) is 0 Å². The van der Waals surface area contributed by atoms with Crippen molar-refractivity contribution in [3.63, 3.8) is 0 Å². The van der Waals surface area contributed by atoms with Crippen LogP contribution in [0.15, 0.2) is 42.5 Å². The number of aryl methyl sites for hydroxylation is 1. The summed E-state index contributed by atoms with van der Waals surface area (Å²) in [4.78, 5) is 26.4. The van der Waals surface area contributed by atoms with E-state index < -0.39 is 0 Å². The van der Waals surface area contributed by atoms with Crippen LogP contribution >= 0.6 is 23.2 Å². The maximum atomic E-state index is 12.5. The van der Waals surface area contributed by atoms with Gasteiger partial charge in [0.05, 0.1) is 34.9 Å². The molecule has 0 spiro atoms. The summed E-state index contributed by atoms with van der Waals surface area (Å²) >= 11 is 12.1. The highest BCUT2D eigenvalue weighted by Gasteiger charge is 2.22. The third kappa shape index (κ3) is 5.25. The second kappa shape index (κ2) is 9.41. The lowest BCUT2D eigenvalue weighted by Gasteiger charge is -2.27. The highest BCUT2D eigenvalue weighted by atomic mass is 35.5. The van der Waals surface area contributed by atoms with Crippen molar-refractivity contribution in [1.29, 1.82) is 0 Å². The minimum absolute atomic E-state index is 0.0293. The van der Waals surface area contributed by atoms with E-state index in [9.17, 15) is 9.59 Å². The Morgan fingerprint density at radius 2 is 1.71 bits per heavy atom. The van der Waals surface area contributed by atoms with Crippen LogP contribution in [-0.4, -0.2) is 36.9 Å². The first kappa shape index (κ1) is 20.6. The van der Waals surface area contributed by atoms with Gasteiger partial charge in [-0.15, -0.1) is 0 Å². The molecule has 0 aromatic heterocycles. The molecule has 3 rings (SSSR count). The largest absolute Gasteiger partial charge is 0.348 e. The number of carbonyl (C=O) groups is 2. The van der Waals surface area contributed by atoms with Gasteiger partial charge in [-0.05, 0) is 49.6 Å². The Kier molecular flexibility index (Phi) is 6.94. The van der Waals surface area contributed by atoms with E-state index >= 15 is 0 Å². The van der Waals surface area contributed by atoms with E-state index in [1.807, 2.05) is 12.1 Å². The maximum absolute atomic E-state index is 12.5.